The lowest BCUT2D eigenvalue weighted by Crippen LogP contribution is -2.13. The van der Waals surface area contributed by atoms with Gasteiger partial charge in [0.05, 0.1) is 13.7 Å². The molecule has 0 saturated heterocycles. The molecular weight excluding hydrogens is 249 g/mol. The summed E-state index contributed by atoms with van der Waals surface area (Å²) in [6, 6.07) is 3.44. The van der Waals surface area contributed by atoms with Gasteiger partial charge in [0, 0.05) is 18.2 Å². The summed E-state index contributed by atoms with van der Waals surface area (Å²) in [6.07, 6.45) is 3.32. The van der Waals surface area contributed by atoms with Crippen LogP contribution in [-0.2, 0) is 11.3 Å². The summed E-state index contributed by atoms with van der Waals surface area (Å²) in [5, 5.41) is 0. The Labute approximate surface area is 111 Å². The first kappa shape index (κ1) is 14.8. The molecule has 1 aromatic rings. The lowest BCUT2D eigenvalue weighted by atomic mass is 10.2. The molecule has 1 atom stereocenters. The van der Waals surface area contributed by atoms with Crippen LogP contribution in [0.2, 0.25) is 0 Å². The Bertz CT molecular complexity index is 483. The topological polar surface area (TPSA) is 77.6 Å². The number of pyridine rings is 1. The van der Waals surface area contributed by atoms with Crippen molar-refractivity contribution < 1.29 is 13.9 Å². The van der Waals surface area contributed by atoms with Gasteiger partial charge in [-0.1, -0.05) is 13.0 Å². The normalized spacial score (nSPS) is 14.1. The Kier molecular flexibility index (Phi) is 5.66. The number of halogens is 1. The molecule has 5 nitrogen and oxygen atoms in total. The summed E-state index contributed by atoms with van der Waals surface area (Å²) >= 11 is 0. The van der Waals surface area contributed by atoms with Gasteiger partial charge in [-0.15, -0.1) is 0 Å². The summed E-state index contributed by atoms with van der Waals surface area (Å²) in [5.74, 6) is -0.964. The van der Waals surface area contributed by atoms with Crippen molar-refractivity contribution in [2.24, 2.45) is 16.6 Å². The minimum Gasteiger partial charge on any atom is -0.481 e. The maximum absolute atomic E-state index is 13.5. The third-order valence-corrected chi connectivity index (χ3v) is 2.31. The molecule has 0 aromatic carbocycles. The van der Waals surface area contributed by atoms with Crippen LogP contribution in [0.1, 0.15) is 12.5 Å². The standard InChI is InChI=1S/C13H16FN3O2/c1-9(8-18)5-11(14)13(15)17-7-10-3-4-12(19-2)16-6-10/h3-6,8-9H,7H2,1-2H3,(H2,15,17). The fraction of sp³-hybridized carbons (Fsp3) is 0.308. The summed E-state index contributed by atoms with van der Waals surface area (Å²) < 4.78 is 18.4. The number of nitrogens with zero attached hydrogens (tertiary/aromatic N) is 2. The van der Waals surface area contributed by atoms with Crippen molar-refractivity contribution in [3.63, 3.8) is 0 Å². The summed E-state index contributed by atoms with van der Waals surface area (Å²) in [7, 11) is 1.52. The van der Waals surface area contributed by atoms with E-state index in [1.54, 1.807) is 25.3 Å². The van der Waals surface area contributed by atoms with Crippen LogP contribution in [0.15, 0.2) is 35.2 Å². The molecule has 0 amide bonds. The first-order chi connectivity index (χ1) is 9.06. The number of hydrogen-bond donors (Lipinski definition) is 1. The third-order valence-electron chi connectivity index (χ3n) is 2.31. The van der Waals surface area contributed by atoms with Crippen molar-refractivity contribution in [3.8, 4) is 5.88 Å². The van der Waals surface area contributed by atoms with Gasteiger partial charge in [-0.3, -0.25) is 4.99 Å². The number of aldehydes is 1. The van der Waals surface area contributed by atoms with Crippen LogP contribution < -0.4 is 10.5 Å². The van der Waals surface area contributed by atoms with Gasteiger partial charge < -0.3 is 15.3 Å². The van der Waals surface area contributed by atoms with Gasteiger partial charge in [-0.05, 0) is 11.6 Å². The van der Waals surface area contributed by atoms with Crippen LogP contribution in [0.25, 0.3) is 0 Å². The fourth-order valence-electron chi connectivity index (χ4n) is 1.23. The number of amidine groups is 1. The van der Waals surface area contributed by atoms with E-state index >= 15 is 0 Å². The molecule has 102 valence electrons. The van der Waals surface area contributed by atoms with Crippen LogP contribution in [-0.4, -0.2) is 24.2 Å². The van der Waals surface area contributed by atoms with Crippen molar-refractivity contribution in [1.82, 2.24) is 4.98 Å². The second-order valence-corrected chi connectivity index (χ2v) is 3.92. The zero-order valence-corrected chi connectivity index (χ0v) is 10.8. The van der Waals surface area contributed by atoms with Gasteiger partial charge in [-0.2, -0.15) is 0 Å². The van der Waals surface area contributed by atoms with Crippen molar-refractivity contribution in [1.29, 1.82) is 0 Å². The number of aliphatic imine (C=N–C) groups is 1. The number of nitrogens with two attached hydrogens (primary N) is 1. The molecule has 1 heterocycles. The molecule has 1 aromatic heterocycles. The highest BCUT2D eigenvalue weighted by Gasteiger charge is 2.04. The zero-order valence-electron chi connectivity index (χ0n) is 10.8. The van der Waals surface area contributed by atoms with Crippen LogP contribution in [0.4, 0.5) is 4.39 Å². The van der Waals surface area contributed by atoms with Gasteiger partial charge >= 0.3 is 0 Å². The van der Waals surface area contributed by atoms with Crippen molar-refractivity contribution in [3.05, 3.63) is 35.8 Å². The Morgan fingerprint density at radius 3 is 2.89 bits per heavy atom. The summed E-state index contributed by atoms with van der Waals surface area (Å²) in [5.41, 5.74) is 6.25. The predicted octanol–water partition coefficient (Wildman–Crippen LogP) is 1.64. The minimum absolute atomic E-state index is 0.208. The number of hydrogen-bond acceptors (Lipinski definition) is 4. The molecule has 0 saturated carbocycles. The first-order valence-electron chi connectivity index (χ1n) is 5.68. The number of aromatic nitrogens is 1. The van der Waals surface area contributed by atoms with Crippen LogP contribution in [0, 0.1) is 5.92 Å². The van der Waals surface area contributed by atoms with Crippen LogP contribution >= 0.6 is 0 Å². The second-order valence-electron chi connectivity index (χ2n) is 3.92. The molecule has 1 rings (SSSR count). The molecular formula is C13H16FN3O2. The molecule has 0 aliphatic heterocycles. The van der Waals surface area contributed by atoms with Crippen molar-refractivity contribution >= 4 is 12.1 Å². The number of allylic oxidation sites excluding steroid dienone is 1. The second kappa shape index (κ2) is 7.25. The largest absolute Gasteiger partial charge is 0.481 e. The van der Waals surface area contributed by atoms with E-state index in [4.69, 9.17) is 10.5 Å². The van der Waals surface area contributed by atoms with Crippen molar-refractivity contribution in [2.45, 2.75) is 13.5 Å². The molecule has 0 spiro atoms. The average Bonchev–Trinajstić information content (AvgIpc) is 2.44. The molecule has 0 aliphatic rings. The van der Waals surface area contributed by atoms with Gasteiger partial charge in [0.1, 0.15) is 6.29 Å². The van der Waals surface area contributed by atoms with E-state index in [1.165, 1.54) is 7.11 Å². The Morgan fingerprint density at radius 1 is 1.63 bits per heavy atom. The summed E-state index contributed by atoms with van der Waals surface area (Å²) in [6.45, 7) is 1.77. The highest BCUT2D eigenvalue weighted by Crippen LogP contribution is 2.08. The number of ether oxygens (including phenoxy) is 1. The maximum Gasteiger partial charge on any atom is 0.212 e. The number of methoxy groups -OCH3 is 1. The van der Waals surface area contributed by atoms with E-state index in [-0.39, 0.29) is 12.4 Å². The molecule has 0 fully saturated rings. The zero-order chi connectivity index (χ0) is 14.3. The molecule has 0 aliphatic carbocycles. The molecule has 6 heteroatoms. The lowest BCUT2D eigenvalue weighted by molar-refractivity contribution is -0.109. The number of rotatable bonds is 6. The maximum atomic E-state index is 13.5. The quantitative estimate of drug-likeness (QED) is 0.482. The SMILES string of the molecule is COc1ccc(CN=C(N)C(F)=CC(C)C=O)cn1. The van der Waals surface area contributed by atoms with Gasteiger partial charge in [-0.25, -0.2) is 9.37 Å². The Balaban J connectivity index is 2.69. The van der Waals surface area contributed by atoms with E-state index in [1.807, 2.05) is 0 Å². The summed E-state index contributed by atoms with van der Waals surface area (Å²) in [4.78, 5) is 18.3. The first-order valence-corrected chi connectivity index (χ1v) is 5.68. The predicted molar refractivity (Wildman–Crippen MR) is 70.5 cm³/mol. The van der Waals surface area contributed by atoms with E-state index in [0.29, 0.717) is 12.2 Å². The average molecular weight is 265 g/mol. The van der Waals surface area contributed by atoms with Crippen LogP contribution in [0.3, 0.4) is 0 Å². The molecule has 0 radical (unpaired) electrons. The minimum atomic E-state index is -0.693. The monoisotopic (exact) mass is 265 g/mol. The smallest absolute Gasteiger partial charge is 0.212 e. The number of carbonyl (C=O) groups excluding carboxylic acids is 1. The molecule has 2 N–H and O–H groups in total. The molecule has 19 heavy (non-hydrogen) atoms. The lowest BCUT2D eigenvalue weighted by Gasteiger charge is -2.01. The molecule has 1 unspecified atom stereocenters. The third kappa shape index (κ3) is 4.87. The van der Waals surface area contributed by atoms with E-state index in [9.17, 15) is 9.18 Å². The highest BCUT2D eigenvalue weighted by molar-refractivity contribution is 5.95. The van der Waals surface area contributed by atoms with Gasteiger partial charge in [0.2, 0.25) is 5.88 Å². The number of carbonyl (C=O) groups is 1. The highest BCUT2D eigenvalue weighted by atomic mass is 19.1. The van der Waals surface area contributed by atoms with Crippen LogP contribution in [0.5, 0.6) is 5.88 Å². The van der Waals surface area contributed by atoms with E-state index in [2.05, 4.69) is 9.98 Å². The fourth-order valence-corrected chi connectivity index (χ4v) is 1.23. The van der Waals surface area contributed by atoms with E-state index < -0.39 is 11.7 Å². The van der Waals surface area contributed by atoms with Crippen molar-refractivity contribution in [2.75, 3.05) is 7.11 Å². The Hall–Kier alpha value is -2.24. The van der Waals surface area contributed by atoms with Gasteiger partial charge in [0.15, 0.2) is 11.7 Å². The Morgan fingerprint density at radius 2 is 2.37 bits per heavy atom. The van der Waals surface area contributed by atoms with E-state index in [0.717, 1.165) is 11.6 Å². The van der Waals surface area contributed by atoms with Gasteiger partial charge in [0.25, 0.3) is 0 Å². The molecule has 0 bridgehead atoms.